The molecule has 3 rings (SSSR count). The van der Waals surface area contributed by atoms with Gasteiger partial charge in [-0.1, -0.05) is 37.3 Å². The lowest BCUT2D eigenvalue weighted by Crippen LogP contribution is -2.15. The summed E-state index contributed by atoms with van der Waals surface area (Å²) in [5, 5.41) is 0. The molecular formula is C16H13NO2. The first-order valence-corrected chi connectivity index (χ1v) is 6.35. The standard InChI is InChI=1S/C16H13NO2/c1-2-10-6-5-9-13(17-10)14-15(18)11-7-3-4-8-12(11)16(14)19/h3-9,14H,2H2,1H3. The number of carbonyl (C=O) groups is 2. The molecule has 3 nitrogen and oxygen atoms in total. The molecule has 19 heavy (non-hydrogen) atoms. The minimum Gasteiger partial charge on any atom is -0.293 e. The summed E-state index contributed by atoms with van der Waals surface area (Å²) in [6.45, 7) is 2.00. The summed E-state index contributed by atoms with van der Waals surface area (Å²) in [5.74, 6) is -1.04. The Labute approximate surface area is 111 Å². The van der Waals surface area contributed by atoms with Gasteiger partial charge < -0.3 is 0 Å². The van der Waals surface area contributed by atoms with Gasteiger partial charge in [-0.2, -0.15) is 0 Å². The van der Waals surface area contributed by atoms with E-state index < -0.39 is 5.92 Å². The second-order valence-electron chi connectivity index (χ2n) is 4.61. The molecule has 1 heterocycles. The van der Waals surface area contributed by atoms with Crippen molar-refractivity contribution in [2.24, 2.45) is 0 Å². The SMILES string of the molecule is CCc1cccc(C2C(=O)c3ccccc3C2=O)n1. The first-order chi connectivity index (χ1) is 9.22. The number of aryl methyl sites for hydroxylation is 1. The summed E-state index contributed by atoms with van der Waals surface area (Å²) in [4.78, 5) is 29.1. The van der Waals surface area contributed by atoms with Crippen LogP contribution in [-0.4, -0.2) is 16.6 Å². The van der Waals surface area contributed by atoms with Crippen molar-refractivity contribution < 1.29 is 9.59 Å². The number of fused-ring (bicyclic) bond motifs is 1. The Hall–Kier alpha value is -2.29. The highest BCUT2D eigenvalue weighted by Gasteiger charge is 2.40. The van der Waals surface area contributed by atoms with Crippen LogP contribution in [0.25, 0.3) is 0 Å². The Morgan fingerprint density at radius 3 is 2.16 bits per heavy atom. The number of ketones is 2. The van der Waals surface area contributed by atoms with Crippen LogP contribution in [0.2, 0.25) is 0 Å². The van der Waals surface area contributed by atoms with E-state index in [2.05, 4.69) is 4.98 Å². The molecule has 0 radical (unpaired) electrons. The van der Waals surface area contributed by atoms with E-state index >= 15 is 0 Å². The van der Waals surface area contributed by atoms with Gasteiger partial charge in [0.15, 0.2) is 11.6 Å². The Morgan fingerprint density at radius 2 is 1.58 bits per heavy atom. The fourth-order valence-corrected chi connectivity index (χ4v) is 2.47. The average Bonchev–Trinajstić information content (AvgIpc) is 2.72. The smallest absolute Gasteiger partial charge is 0.180 e. The lowest BCUT2D eigenvalue weighted by molar-refractivity contribution is 0.0888. The molecule has 0 spiro atoms. The number of aromatic nitrogens is 1. The van der Waals surface area contributed by atoms with Gasteiger partial charge >= 0.3 is 0 Å². The van der Waals surface area contributed by atoms with Crippen LogP contribution in [0, 0.1) is 0 Å². The Balaban J connectivity index is 2.08. The number of carbonyl (C=O) groups excluding carboxylic acids is 2. The second kappa shape index (κ2) is 4.43. The maximum atomic E-state index is 12.3. The zero-order valence-electron chi connectivity index (χ0n) is 10.6. The zero-order chi connectivity index (χ0) is 13.4. The summed E-state index contributed by atoms with van der Waals surface area (Å²) in [5.41, 5.74) is 2.49. The third-order valence-electron chi connectivity index (χ3n) is 3.47. The van der Waals surface area contributed by atoms with Gasteiger partial charge in [0, 0.05) is 16.8 Å². The predicted molar refractivity (Wildman–Crippen MR) is 71.5 cm³/mol. The average molecular weight is 251 g/mol. The Morgan fingerprint density at radius 1 is 0.947 bits per heavy atom. The predicted octanol–water partition coefficient (Wildman–Crippen LogP) is 2.81. The van der Waals surface area contributed by atoms with E-state index in [1.165, 1.54) is 0 Å². The monoisotopic (exact) mass is 251 g/mol. The molecule has 1 aromatic carbocycles. The van der Waals surface area contributed by atoms with Gasteiger partial charge in [-0.3, -0.25) is 14.6 Å². The van der Waals surface area contributed by atoms with Crippen LogP contribution in [-0.2, 0) is 6.42 Å². The summed E-state index contributed by atoms with van der Waals surface area (Å²) < 4.78 is 0. The first-order valence-electron chi connectivity index (χ1n) is 6.35. The van der Waals surface area contributed by atoms with E-state index in [-0.39, 0.29) is 11.6 Å². The molecule has 0 fully saturated rings. The van der Waals surface area contributed by atoms with Gasteiger partial charge in [0.25, 0.3) is 0 Å². The van der Waals surface area contributed by atoms with Gasteiger partial charge in [0.05, 0.1) is 5.69 Å². The number of pyridine rings is 1. The highest BCUT2D eigenvalue weighted by atomic mass is 16.2. The van der Waals surface area contributed by atoms with Gasteiger partial charge in [-0.15, -0.1) is 0 Å². The van der Waals surface area contributed by atoms with Crippen LogP contribution in [0.15, 0.2) is 42.5 Å². The lowest BCUT2D eigenvalue weighted by Gasteiger charge is -2.07. The Kier molecular flexibility index (Phi) is 2.75. The van der Waals surface area contributed by atoms with Crippen molar-refractivity contribution in [2.45, 2.75) is 19.3 Å². The zero-order valence-corrected chi connectivity index (χ0v) is 10.6. The van der Waals surface area contributed by atoms with Gasteiger partial charge in [0.1, 0.15) is 5.92 Å². The van der Waals surface area contributed by atoms with Crippen LogP contribution in [0.5, 0.6) is 0 Å². The Bertz CT molecular complexity index is 641. The van der Waals surface area contributed by atoms with Crippen molar-refractivity contribution >= 4 is 11.6 Å². The fourth-order valence-electron chi connectivity index (χ4n) is 2.47. The van der Waals surface area contributed by atoms with Crippen molar-refractivity contribution in [1.29, 1.82) is 0 Å². The number of nitrogens with zero attached hydrogens (tertiary/aromatic N) is 1. The number of Topliss-reactive ketones (excluding diaryl/α,β-unsaturated/α-hetero) is 2. The molecule has 0 N–H and O–H groups in total. The van der Waals surface area contributed by atoms with Crippen LogP contribution >= 0.6 is 0 Å². The van der Waals surface area contributed by atoms with E-state index in [0.29, 0.717) is 16.8 Å². The number of benzene rings is 1. The van der Waals surface area contributed by atoms with E-state index in [0.717, 1.165) is 12.1 Å². The summed E-state index contributed by atoms with van der Waals surface area (Å²) in [7, 11) is 0. The van der Waals surface area contributed by atoms with Crippen LogP contribution in [0.3, 0.4) is 0 Å². The number of hydrogen-bond donors (Lipinski definition) is 0. The first kappa shape index (κ1) is 11.8. The van der Waals surface area contributed by atoms with E-state index in [1.807, 2.05) is 19.1 Å². The molecule has 0 amide bonds. The number of rotatable bonds is 2. The van der Waals surface area contributed by atoms with E-state index in [4.69, 9.17) is 0 Å². The second-order valence-corrected chi connectivity index (χ2v) is 4.61. The largest absolute Gasteiger partial charge is 0.293 e. The van der Waals surface area contributed by atoms with Crippen LogP contribution < -0.4 is 0 Å². The molecule has 0 saturated carbocycles. The molecule has 0 saturated heterocycles. The molecule has 1 aliphatic carbocycles. The molecule has 0 unspecified atom stereocenters. The van der Waals surface area contributed by atoms with Crippen molar-refractivity contribution in [3.8, 4) is 0 Å². The molecule has 0 aliphatic heterocycles. The fraction of sp³-hybridized carbons (Fsp3) is 0.188. The molecule has 0 bridgehead atoms. The molecule has 94 valence electrons. The van der Waals surface area contributed by atoms with Crippen molar-refractivity contribution in [1.82, 2.24) is 4.98 Å². The molecule has 0 atom stereocenters. The van der Waals surface area contributed by atoms with Crippen LogP contribution in [0.1, 0.15) is 44.9 Å². The number of hydrogen-bond acceptors (Lipinski definition) is 3. The minimum absolute atomic E-state index is 0.138. The third-order valence-corrected chi connectivity index (χ3v) is 3.47. The topological polar surface area (TPSA) is 47.0 Å². The summed E-state index contributed by atoms with van der Waals surface area (Å²) in [6, 6.07) is 12.5. The van der Waals surface area contributed by atoms with Gasteiger partial charge in [-0.05, 0) is 18.6 Å². The van der Waals surface area contributed by atoms with Crippen molar-refractivity contribution in [2.75, 3.05) is 0 Å². The highest BCUT2D eigenvalue weighted by molar-refractivity contribution is 6.29. The molecule has 1 aromatic heterocycles. The quantitative estimate of drug-likeness (QED) is 0.771. The summed E-state index contributed by atoms with van der Waals surface area (Å²) in [6.07, 6.45) is 0.788. The molecule has 3 heteroatoms. The molecular weight excluding hydrogens is 238 g/mol. The maximum Gasteiger partial charge on any atom is 0.180 e. The van der Waals surface area contributed by atoms with E-state index in [9.17, 15) is 9.59 Å². The van der Waals surface area contributed by atoms with Crippen LogP contribution in [0.4, 0.5) is 0 Å². The summed E-state index contributed by atoms with van der Waals surface area (Å²) >= 11 is 0. The maximum absolute atomic E-state index is 12.3. The lowest BCUT2D eigenvalue weighted by atomic mass is 9.99. The minimum atomic E-state index is -0.760. The third kappa shape index (κ3) is 1.78. The van der Waals surface area contributed by atoms with E-state index in [1.54, 1.807) is 30.3 Å². The van der Waals surface area contributed by atoms with Gasteiger partial charge in [0.2, 0.25) is 0 Å². The highest BCUT2D eigenvalue weighted by Crippen LogP contribution is 2.32. The molecule has 1 aliphatic rings. The van der Waals surface area contributed by atoms with Gasteiger partial charge in [-0.25, -0.2) is 0 Å². The molecule has 2 aromatic rings. The van der Waals surface area contributed by atoms with Crippen molar-refractivity contribution in [3.63, 3.8) is 0 Å². The van der Waals surface area contributed by atoms with Crippen molar-refractivity contribution in [3.05, 3.63) is 65.0 Å². The normalized spacial score (nSPS) is 14.8.